The Kier molecular flexibility index (Phi) is 5.43. The second-order valence-electron chi connectivity index (χ2n) is 5.60. The maximum Gasteiger partial charge on any atom is 0.218 e. The maximum atomic E-state index is 5.51. The van der Waals surface area contributed by atoms with Crippen LogP contribution in [0, 0.1) is 11.8 Å². The van der Waals surface area contributed by atoms with Gasteiger partial charge in [0.25, 0.3) is 0 Å². The number of hydrogen-bond donors (Lipinski definition) is 1. The summed E-state index contributed by atoms with van der Waals surface area (Å²) in [6.07, 6.45) is 7.95. The zero-order chi connectivity index (χ0) is 13.5. The van der Waals surface area contributed by atoms with Crippen LogP contribution in [0.15, 0.2) is 12.4 Å². The van der Waals surface area contributed by atoms with Crippen LogP contribution in [0.4, 0.5) is 5.82 Å². The Balaban J connectivity index is 1.78. The summed E-state index contributed by atoms with van der Waals surface area (Å²) >= 11 is 0. The van der Waals surface area contributed by atoms with Crippen LogP contribution in [-0.2, 0) is 0 Å². The molecule has 0 aromatic carbocycles. The summed E-state index contributed by atoms with van der Waals surface area (Å²) in [6.45, 7) is 6.16. The lowest BCUT2D eigenvalue weighted by atomic mass is 9.83. The van der Waals surface area contributed by atoms with E-state index >= 15 is 0 Å². The van der Waals surface area contributed by atoms with Gasteiger partial charge >= 0.3 is 0 Å². The van der Waals surface area contributed by atoms with Crippen molar-refractivity contribution < 1.29 is 4.74 Å². The minimum absolute atomic E-state index is 0.664. The van der Waals surface area contributed by atoms with Gasteiger partial charge in [-0.1, -0.05) is 26.7 Å². The Morgan fingerprint density at radius 2 is 2.05 bits per heavy atom. The van der Waals surface area contributed by atoms with Gasteiger partial charge < -0.3 is 10.1 Å². The molecule has 1 aliphatic rings. The molecule has 1 fully saturated rings. The van der Waals surface area contributed by atoms with E-state index < -0.39 is 0 Å². The molecule has 1 N–H and O–H groups in total. The SMILES string of the molecule is CCCOc1cc(NCC2CCC(C)CC2)ncn1. The molecular weight excluding hydrogens is 238 g/mol. The van der Waals surface area contributed by atoms with E-state index in [2.05, 4.69) is 29.1 Å². The fourth-order valence-electron chi connectivity index (χ4n) is 2.50. The molecule has 106 valence electrons. The Hall–Kier alpha value is -1.32. The van der Waals surface area contributed by atoms with Gasteiger partial charge in [0.05, 0.1) is 6.61 Å². The van der Waals surface area contributed by atoms with Crippen LogP contribution >= 0.6 is 0 Å². The number of nitrogens with one attached hydrogen (secondary N) is 1. The molecule has 19 heavy (non-hydrogen) atoms. The lowest BCUT2D eigenvalue weighted by molar-refractivity contribution is 0.299. The molecule has 2 rings (SSSR count). The predicted molar refractivity (Wildman–Crippen MR) is 77.4 cm³/mol. The van der Waals surface area contributed by atoms with Crippen LogP contribution in [-0.4, -0.2) is 23.1 Å². The van der Waals surface area contributed by atoms with Crippen molar-refractivity contribution in [3.05, 3.63) is 12.4 Å². The minimum Gasteiger partial charge on any atom is -0.478 e. The predicted octanol–water partition coefficient (Wildman–Crippen LogP) is 3.50. The number of nitrogens with zero attached hydrogens (tertiary/aromatic N) is 2. The van der Waals surface area contributed by atoms with Gasteiger partial charge in [-0.05, 0) is 31.1 Å². The van der Waals surface area contributed by atoms with Gasteiger partial charge in [0.2, 0.25) is 5.88 Å². The molecule has 4 heteroatoms. The first-order valence-corrected chi connectivity index (χ1v) is 7.46. The Morgan fingerprint density at radius 1 is 1.26 bits per heavy atom. The largest absolute Gasteiger partial charge is 0.478 e. The van der Waals surface area contributed by atoms with E-state index in [0.29, 0.717) is 12.5 Å². The molecule has 1 aromatic rings. The van der Waals surface area contributed by atoms with E-state index in [9.17, 15) is 0 Å². The van der Waals surface area contributed by atoms with Crippen molar-refractivity contribution in [2.75, 3.05) is 18.5 Å². The van der Waals surface area contributed by atoms with Crippen molar-refractivity contribution in [3.8, 4) is 5.88 Å². The van der Waals surface area contributed by atoms with Crippen molar-refractivity contribution >= 4 is 5.82 Å². The average Bonchev–Trinajstić information content (AvgIpc) is 2.45. The lowest BCUT2D eigenvalue weighted by Gasteiger charge is -2.26. The molecular formula is C15H25N3O. The molecule has 1 aromatic heterocycles. The van der Waals surface area contributed by atoms with E-state index in [1.54, 1.807) is 6.33 Å². The highest BCUT2D eigenvalue weighted by Gasteiger charge is 2.17. The van der Waals surface area contributed by atoms with Gasteiger partial charge in [-0.25, -0.2) is 9.97 Å². The van der Waals surface area contributed by atoms with Crippen molar-refractivity contribution in [3.63, 3.8) is 0 Å². The maximum absolute atomic E-state index is 5.51. The standard InChI is InChI=1S/C15H25N3O/c1-3-8-19-15-9-14(17-11-18-15)16-10-13-6-4-12(2)5-7-13/h9,11-13H,3-8,10H2,1-2H3,(H,16,17,18). The topological polar surface area (TPSA) is 47.0 Å². The van der Waals surface area contributed by atoms with Gasteiger partial charge in [-0.15, -0.1) is 0 Å². The third kappa shape index (κ3) is 4.69. The van der Waals surface area contributed by atoms with Crippen molar-refractivity contribution in [2.24, 2.45) is 11.8 Å². The summed E-state index contributed by atoms with van der Waals surface area (Å²) < 4.78 is 5.51. The highest BCUT2D eigenvalue weighted by Crippen LogP contribution is 2.28. The van der Waals surface area contributed by atoms with Gasteiger partial charge in [0.15, 0.2) is 0 Å². The van der Waals surface area contributed by atoms with Crippen LogP contribution in [0.3, 0.4) is 0 Å². The van der Waals surface area contributed by atoms with Gasteiger partial charge in [-0.2, -0.15) is 0 Å². The summed E-state index contributed by atoms with van der Waals surface area (Å²) in [5.74, 6) is 3.23. The van der Waals surface area contributed by atoms with E-state index in [1.165, 1.54) is 25.7 Å². The summed E-state index contributed by atoms with van der Waals surface area (Å²) in [5.41, 5.74) is 0. The fourth-order valence-corrected chi connectivity index (χ4v) is 2.50. The minimum atomic E-state index is 0.664. The molecule has 0 radical (unpaired) electrons. The van der Waals surface area contributed by atoms with Crippen LogP contribution in [0.1, 0.15) is 46.0 Å². The third-order valence-corrected chi connectivity index (χ3v) is 3.80. The van der Waals surface area contributed by atoms with Gasteiger partial charge in [0.1, 0.15) is 12.1 Å². The van der Waals surface area contributed by atoms with Crippen molar-refractivity contribution in [1.29, 1.82) is 0 Å². The summed E-state index contributed by atoms with van der Waals surface area (Å²) in [7, 11) is 0. The van der Waals surface area contributed by atoms with Gasteiger partial charge in [0, 0.05) is 12.6 Å². The average molecular weight is 263 g/mol. The molecule has 0 atom stereocenters. The van der Waals surface area contributed by atoms with Crippen molar-refractivity contribution in [2.45, 2.75) is 46.0 Å². The monoisotopic (exact) mass is 263 g/mol. The second kappa shape index (κ2) is 7.31. The quantitative estimate of drug-likeness (QED) is 0.853. The molecule has 1 saturated carbocycles. The van der Waals surface area contributed by atoms with Crippen LogP contribution in [0.5, 0.6) is 5.88 Å². The van der Waals surface area contributed by atoms with Crippen LogP contribution in [0.25, 0.3) is 0 Å². The smallest absolute Gasteiger partial charge is 0.218 e. The number of ether oxygens (including phenoxy) is 1. The number of anilines is 1. The van der Waals surface area contributed by atoms with E-state index in [0.717, 1.165) is 30.6 Å². The molecule has 4 nitrogen and oxygen atoms in total. The van der Waals surface area contributed by atoms with Crippen LogP contribution < -0.4 is 10.1 Å². The highest BCUT2D eigenvalue weighted by molar-refractivity contribution is 5.37. The van der Waals surface area contributed by atoms with Gasteiger partial charge in [-0.3, -0.25) is 0 Å². The molecule has 0 amide bonds. The Morgan fingerprint density at radius 3 is 2.79 bits per heavy atom. The number of rotatable bonds is 6. The summed E-state index contributed by atoms with van der Waals surface area (Å²) in [6, 6.07) is 1.89. The third-order valence-electron chi connectivity index (χ3n) is 3.80. The zero-order valence-corrected chi connectivity index (χ0v) is 12.1. The fraction of sp³-hybridized carbons (Fsp3) is 0.733. The molecule has 0 spiro atoms. The van der Waals surface area contributed by atoms with E-state index in [-0.39, 0.29) is 0 Å². The number of hydrogen-bond acceptors (Lipinski definition) is 4. The lowest BCUT2D eigenvalue weighted by Crippen LogP contribution is -2.20. The first kappa shape index (κ1) is 14.1. The highest BCUT2D eigenvalue weighted by atomic mass is 16.5. The molecule has 0 aliphatic heterocycles. The van der Waals surface area contributed by atoms with E-state index in [4.69, 9.17) is 4.74 Å². The molecule has 0 unspecified atom stereocenters. The Labute approximate surface area is 116 Å². The zero-order valence-electron chi connectivity index (χ0n) is 12.1. The summed E-state index contributed by atoms with van der Waals surface area (Å²) in [4.78, 5) is 8.35. The van der Waals surface area contributed by atoms with Crippen molar-refractivity contribution in [1.82, 2.24) is 9.97 Å². The normalized spacial score (nSPS) is 23.1. The molecule has 0 saturated heterocycles. The Bertz CT molecular complexity index is 375. The molecule has 1 heterocycles. The summed E-state index contributed by atoms with van der Waals surface area (Å²) in [5, 5.41) is 3.41. The van der Waals surface area contributed by atoms with Crippen LogP contribution in [0.2, 0.25) is 0 Å². The number of aromatic nitrogens is 2. The first-order chi connectivity index (χ1) is 9.28. The first-order valence-electron chi connectivity index (χ1n) is 7.46. The molecule has 1 aliphatic carbocycles. The second-order valence-corrected chi connectivity index (χ2v) is 5.60. The van der Waals surface area contributed by atoms with E-state index in [1.807, 2.05) is 6.07 Å². The molecule has 0 bridgehead atoms.